The lowest BCUT2D eigenvalue weighted by molar-refractivity contribution is 0.0487. The second kappa shape index (κ2) is 8.02. The molecule has 1 atom stereocenters. The van der Waals surface area contributed by atoms with Gasteiger partial charge in [0.05, 0.1) is 12.3 Å². The molecule has 0 N–H and O–H groups in total. The van der Waals surface area contributed by atoms with E-state index in [1.807, 2.05) is 17.0 Å². The zero-order valence-electron chi connectivity index (χ0n) is 16.8. The van der Waals surface area contributed by atoms with Gasteiger partial charge in [0.1, 0.15) is 5.69 Å². The van der Waals surface area contributed by atoms with Crippen molar-refractivity contribution in [1.29, 1.82) is 0 Å². The number of aromatic nitrogens is 1. The summed E-state index contributed by atoms with van der Waals surface area (Å²) in [6.45, 7) is 3.11. The number of nitrogens with zero attached hydrogens (tertiary/aromatic N) is 3. The van der Waals surface area contributed by atoms with Crippen molar-refractivity contribution in [2.45, 2.75) is 37.3 Å². The molecule has 1 amide bonds. The molecule has 4 rings (SSSR count). The monoisotopic (exact) mass is 379 g/mol. The van der Waals surface area contributed by atoms with Crippen molar-refractivity contribution in [2.75, 3.05) is 33.8 Å². The Morgan fingerprint density at radius 2 is 1.89 bits per heavy atom. The lowest BCUT2D eigenvalue weighted by atomic mass is 9.81. The summed E-state index contributed by atoms with van der Waals surface area (Å²) in [5, 5.41) is 0. The Morgan fingerprint density at radius 3 is 2.61 bits per heavy atom. The van der Waals surface area contributed by atoms with Gasteiger partial charge in [0.15, 0.2) is 0 Å². The molecule has 2 fully saturated rings. The predicted molar refractivity (Wildman–Crippen MR) is 109 cm³/mol. The number of likely N-dealkylation sites (tertiary alicyclic amines) is 2. The summed E-state index contributed by atoms with van der Waals surface area (Å²) in [4.78, 5) is 21.9. The molecule has 5 nitrogen and oxygen atoms in total. The van der Waals surface area contributed by atoms with Gasteiger partial charge in [-0.15, -0.1) is 0 Å². The molecule has 2 saturated heterocycles. The van der Waals surface area contributed by atoms with Crippen LogP contribution in [0.3, 0.4) is 0 Å². The molecule has 0 saturated carbocycles. The zero-order chi connectivity index (χ0) is 19.6. The van der Waals surface area contributed by atoms with Crippen LogP contribution in [0.5, 0.6) is 0 Å². The lowest BCUT2D eigenvalue weighted by Crippen LogP contribution is -2.52. The number of hydrogen-bond acceptors (Lipinski definition) is 4. The van der Waals surface area contributed by atoms with E-state index in [1.165, 1.54) is 12.0 Å². The average molecular weight is 380 g/mol. The highest BCUT2D eigenvalue weighted by atomic mass is 16.5. The van der Waals surface area contributed by atoms with E-state index >= 15 is 0 Å². The Kier molecular flexibility index (Phi) is 5.47. The Balaban J connectivity index is 1.41. The van der Waals surface area contributed by atoms with Gasteiger partial charge in [-0.1, -0.05) is 36.4 Å². The van der Waals surface area contributed by atoms with E-state index < -0.39 is 0 Å². The van der Waals surface area contributed by atoms with Gasteiger partial charge in [-0.05, 0) is 49.9 Å². The molecular formula is C23H29N3O2. The van der Waals surface area contributed by atoms with Crippen LogP contribution in [0.4, 0.5) is 0 Å². The molecule has 28 heavy (non-hydrogen) atoms. The molecule has 5 heteroatoms. The fourth-order valence-electron chi connectivity index (χ4n) is 4.85. The number of ether oxygens (including phenoxy) is 1. The molecule has 0 aliphatic carbocycles. The number of rotatable bonds is 4. The van der Waals surface area contributed by atoms with Crippen LogP contribution in [0.2, 0.25) is 0 Å². The lowest BCUT2D eigenvalue weighted by Gasteiger charge is -2.43. The van der Waals surface area contributed by atoms with E-state index in [0.29, 0.717) is 18.2 Å². The third-order valence-electron chi connectivity index (χ3n) is 6.50. The summed E-state index contributed by atoms with van der Waals surface area (Å²) in [6.07, 6.45) is 3.23. The summed E-state index contributed by atoms with van der Waals surface area (Å²) < 4.78 is 5.14. The van der Waals surface area contributed by atoms with Crippen molar-refractivity contribution in [3.63, 3.8) is 0 Å². The van der Waals surface area contributed by atoms with E-state index in [4.69, 9.17) is 4.74 Å². The van der Waals surface area contributed by atoms with Gasteiger partial charge < -0.3 is 9.64 Å². The number of carbonyl (C=O) groups is 1. The molecule has 1 aromatic carbocycles. The summed E-state index contributed by atoms with van der Waals surface area (Å²) in [6, 6.07) is 16.4. The fraction of sp³-hybridized carbons (Fsp3) is 0.478. The van der Waals surface area contributed by atoms with Crippen molar-refractivity contribution in [3.8, 4) is 0 Å². The number of benzene rings is 1. The van der Waals surface area contributed by atoms with Crippen molar-refractivity contribution >= 4 is 5.91 Å². The Bertz CT molecular complexity index is 816. The number of amides is 1. The van der Waals surface area contributed by atoms with Crippen molar-refractivity contribution in [2.24, 2.45) is 0 Å². The normalized spacial score (nSPS) is 21.9. The number of likely N-dealkylation sites (N-methyl/N-ethyl adjacent to an activating group) is 1. The summed E-state index contributed by atoms with van der Waals surface area (Å²) in [5.74, 6) is 0.619. The molecule has 2 aromatic rings. The van der Waals surface area contributed by atoms with Crippen LogP contribution in [0, 0.1) is 0 Å². The second-order valence-corrected chi connectivity index (χ2v) is 8.16. The number of piperidine rings is 1. The van der Waals surface area contributed by atoms with Crippen LogP contribution in [0.25, 0.3) is 0 Å². The minimum atomic E-state index is 0.0352. The van der Waals surface area contributed by atoms with E-state index in [0.717, 1.165) is 38.2 Å². The number of methoxy groups -OCH3 is 1. The smallest absolute Gasteiger partial charge is 0.272 e. The molecule has 2 aliphatic heterocycles. The minimum absolute atomic E-state index is 0.0352. The SMILES string of the molecule is COCc1cccc(C(=O)N2CCC3(CC2)C[C@@H](c2ccccc2)CN3C)n1. The largest absolute Gasteiger partial charge is 0.378 e. The third-order valence-corrected chi connectivity index (χ3v) is 6.50. The highest BCUT2D eigenvalue weighted by Gasteiger charge is 2.46. The molecular weight excluding hydrogens is 350 g/mol. The van der Waals surface area contributed by atoms with Crippen molar-refractivity contribution in [1.82, 2.24) is 14.8 Å². The van der Waals surface area contributed by atoms with E-state index in [1.54, 1.807) is 13.2 Å². The first-order chi connectivity index (χ1) is 13.6. The van der Waals surface area contributed by atoms with Gasteiger partial charge in [0, 0.05) is 32.3 Å². The van der Waals surface area contributed by atoms with Crippen LogP contribution in [-0.2, 0) is 11.3 Å². The van der Waals surface area contributed by atoms with Gasteiger partial charge in [-0.2, -0.15) is 0 Å². The number of carbonyl (C=O) groups excluding carboxylic acids is 1. The minimum Gasteiger partial charge on any atom is -0.378 e. The predicted octanol–water partition coefficient (Wildman–Crippen LogP) is 3.32. The van der Waals surface area contributed by atoms with Crippen LogP contribution >= 0.6 is 0 Å². The molecule has 2 aliphatic rings. The van der Waals surface area contributed by atoms with Crippen molar-refractivity contribution in [3.05, 3.63) is 65.5 Å². The standard InChI is InChI=1S/C23H29N3O2/c1-25-16-19(18-7-4-3-5-8-18)15-23(25)11-13-26(14-12-23)22(27)21-10-6-9-20(24-21)17-28-2/h3-10,19H,11-17H2,1-2H3/t19-/m1/s1. The number of pyridine rings is 1. The first-order valence-corrected chi connectivity index (χ1v) is 10.1. The molecule has 1 spiro atoms. The number of hydrogen-bond donors (Lipinski definition) is 0. The molecule has 0 radical (unpaired) electrons. The quantitative estimate of drug-likeness (QED) is 0.818. The Hall–Kier alpha value is -2.24. The first kappa shape index (κ1) is 19.1. The Labute approximate surface area is 167 Å². The highest BCUT2D eigenvalue weighted by Crippen LogP contribution is 2.44. The second-order valence-electron chi connectivity index (χ2n) is 8.16. The fourth-order valence-corrected chi connectivity index (χ4v) is 4.85. The van der Waals surface area contributed by atoms with Crippen LogP contribution < -0.4 is 0 Å². The highest BCUT2D eigenvalue weighted by molar-refractivity contribution is 5.92. The average Bonchev–Trinajstić information content (AvgIpc) is 3.05. The summed E-state index contributed by atoms with van der Waals surface area (Å²) in [7, 11) is 3.89. The van der Waals surface area contributed by atoms with Crippen LogP contribution in [0.15, 0.2) is 48.5 Å². The Morgan fingerprint density at radius 1 is 1.14 bits per heavy atom. The zero-order valence-corrected chi connectivity index (χ0v) is 16.8. The van der Waals surface area contributed by atoms with Crippen LogP contribution in [-0.4, -0.2) is 60.0 Å². The first-order valence-electron chi connectivity index (χ1n) is 10.1. The van der Waals surface area contributed by atoms with Gasteiger partial charge in [-0.25, -0.2) is 4.98 Å². The summed E-state index contributed by atoms with van der Waals surface area (Å²) in [5.41, 5.74) is 2.96. The van der Waals surface area contributed by atoms with Crippen molar-refractivity contribution < 1.29 is 9.53 Å². The van der Waals surface area contributed by atoms with Gasteiger partial charge >= 0.3 is 0 Å². The van der Waals surface area contributed by atoms with Gasteiger partial charge in [0.2, 0.25) is 0 Å². The maximum atomic E-state index is 12.9. The topological polar surface area (TPSA) is 45.7 Å². The van der Waals surface area contributed by atoms with E-state index in [9.17, 15) is 4.79 Å². The molecule has 148 valence electrons. The van der Waals surface area contributed by atoms with E-state index in [2.05, 4.69) is 47.3 Å². The maximum absolute atomic E-state index is 12.9. The van der Waals surface area contributed by atoms with Gasteiger partial charge in [-0.3, -0.25) is 9.69 Å². The molecule has 3 heterocycles. The van der Waals surface area contributed by atoms with Crippen LogP contribution in [0.1, 0.15) is 46.9 Å². The third kappa shape index (κ3) is 3.69. The molecule has 0 bridgehead atoms. The van der Waals surface area contributed by atoms with E-state index in [-0.39, 0.29) is 11.4 Å². The molecule has 1 aromatic heterocycles. The molecule has 0 unspecified atom stereocenters. The maximum Gasteiger partial charge on any atom is 0.272 e. The summed E-state index contributed by atoms with van der Waals surface area (Å²) >= 11 is 0. The van der Waals surface area contributed by atoms with Gasteiger partial charge in [0.25, 0.3) is 5.91 Å².